The topological polar surface area (TPSA) is 0 Å². The second kappa shape index (κ2) is 8.54. The summed E-state index contributed by atoms with van der Waals surface area (Å²) in [7, 11) is 0. The second-order valence-corrected chi connectivity index (χ2v) is 6.24. The molecule has 0 saturated carbocycles. The number of thioether (sulfide) groups is 1. The lowest BCUT2D eigenvalue weighted by atomic mass is 10.2. The molecule has 0 nitrogen and oxygen atoms in total. The van der Waals surface area contributed by atoms with Gasteiger partial charge in [-0.05, 0) is 43.0 Å². The summed E-state index contributed by atoms with van der Waals surface area (Å²) in [5.74, 6) is 0. The third-order valence-electron chi connectivity index (χ3n) is 1.65. The summed E-state index contributed by atoms with van der Waals surface area (Å²) >= 11 is 6.35. The van der Waals surface area contributed by atoms with E-state index in [1.165, 1.54) is 10.5 Å². The fourth-order valence-electron chi connectivity index (χ4n) is 1.09. The molecule has 0 aliphatic rings. The van der Waals surface area contributed by atoms with Crippen molar-refractivity contribution in [2.75, 3.05) is 0 Å². The van der Waals surface area contributed by atoms with Gasteiger partial charge < -0.3 is 0 Å². The van der Waals surface area contributed by atoms with Crippen LogP contribution in [0.5, 0.6) is 0 Å². The van der Waals surface area contributed by atoms with Crippen LogP contribution < -0.4 is 0 Å². The molecular formula is C14H20S2. The quantitative estimate of drug-likeness (QED) is 0.660. The van der Waals surface area contributed by atoms with Crippen LogP contribution in [-0.4, -0.2) is 4.86 Å². The first-order chi connectivity index (χ1) is 7.43. The molecule has 0 N–H and O–H groups in total. The van der Waals surface area contributed by atoms with E-state index in [9.17, 15) is 0 Å². The molecule has 1 aromatic rings. The maximum absolute atomic E-state index is 4.54. The Morgan fingerprint density at radius 3 is 2.00 bits per heavy atom. The molecule has 0 saturated heterocycles. The summed E-state index contributed by atoms with van der Waals surface area (Å²) in [6.45, 7) is 11.9. The van der Waals surface area contributed by atoms with Crippen LogP contribution in [0.15, 0.2) is 41.8 Å². The highest BCUT2D eigenvalue weighted by Crippen LogP contribution is 2.32. The molecule has 1 atom stereocenters. The van der Waals surface area contributed by atoms with Crippen LogP contribution in [0.3, 0.4) is 0 Å². The highest BCUT2D eigenvalue weighted by atomic mass is 32.2. The molecule has 88 valence electrons. The van der Waals surface area contributed by atoms with Crippen molar-refractivity contribution in [1.82, 2.24) is 0 Å². The van der Waals surface area contributed by atoms with Gasteiger partial charge in [0.2, 0.25) is 0 Å². The molecule has 1 unspecified atom stereocenters. The van der Waals surface area contributed by atoms with Crippen molar-refractivity contribution in [2.24, 2.45) is 0 Å². The van der Waals surface area contributed by atoms with Crippen molar-refractivity contribution in [1.29, 1.82) is 0 Å². The average molecular weight is 252 g/mol. The van der Waals surface area contributed by atoms with Gasteiger partial charge in [-0.15, -0.1) is 11.8 Å². The van der Waals surface area contributed by atoms with Crippen molar-refractivity contribution >= 4 is 28.8 Å². The van der Waals surface area contributed by atoms with E-state index in [2.05, 4.69) is 50.0 Å². The molecule has 0 aliphatic heterocycles. The largest absolute Gasteiger partial charge is 0.124 e. The number of rotatable bonds is 3. The van der Waals surface area contributed by atoms with E-state index in [1.54, 1.807) is 0 Å². The lowest BCUT2D eigenvalue weighted by molar-refractivity contribution is 1.10. The lowest BCUT2D eigenvalue weighted by Gasteiger charge is -2.10. The second-order valence-electron chi connectivity index (χ2n) is 3.78. The van der Waals surface area contributed by atoms with Gasteiger partial charge in [0.05, 0.1) is 0 Å². The standard InChI is InChI=1S/C11H14S.C3H6S/c1-9(2)12-10(3)11-7-5-4-6-8-11;1-3(2)4/h4-8,10H,1H2,2-3H3;1-2H3. The molecule has 0 aliphatic carbocycles. The minimum atomic E-state index is 0.517. The molecule has 16 heavy (non-hydrogen) atoms. The molecule has 0 radical (unpaired) electrons. The molecular weight excluding hydrogens is 232 g/mol. The van der Waals surface area contributed by atoms with Crippen LogP contribution in [0, 0.1) is 0 Å². The third-order valence-corrected chi connectivity index (χ3v) is 2.68. The van der Waals surface area contributed by atoms with Crippen LogP contribution in [0.1, 0.15) is 38.5 Å². The van der Waals surface area contributed by atoms with Gasteiger partial charge in [-0.25, -0.2) is 0 Å². The molecule has 2 heteroatoms. The minimum Gasteiger partial charge on any atom is -0.124 e. The van der Waals surface area contributed by atoms with Crippen molar-refractivity contribution in [2.45, 2.75) is 32.9 Å². The summed E-state index contributed by atoms with van der Waals surface area (Å²) in [6.07, 6.45) is 0. The van der Waals surface area contributed by atoms with Crippen molar-refractivity contribution in [3.05, 3.63) is 47.4 Å². The van der Waals surface area contributed by atoms with Crippen LogP contribution in [0.2, 0.25) is 0 Å². The van der Waals surface area contributed by atoms with Gasteiger partial charge in [0.1, 0.15) is 0 Å². The fourth-order valence-corrected chi connectivity index (χ4v) is 1.99. The summed E-state index contributed by atoms with van der Waals surface area (Å²) in [6, 6.07) is 10.5. The van der Waals surface area contributed by atoms with Gasteiger partial charge >= 0.3 is 0 Å². The Morgan fingerprint density at radius 1 is 1.19 bits per heavy atom. The zero-order valence-electron chi connectivity index (χ0n) is 10.5. The predicted molar refractivity (Wildman–Crippen MR) is 81.2 cm³/mol. The Morgan fingerprint density at radius 2 is 1.62 bits per heavy atom. The molecule has 1 aromatic carbocycles. The van der Waals surface area contributed by atoms with E-state index in [4.69, 9.17) is 0 Å². The summed E-state index contributed by atoms with van der Waals surface area (Å²) < 4.78 is 0. The minimum absolute atomic E-state index is 0.517. The van der Waals surface area contributed by atoms with Gasteiger partial charge in [0.25, 0.3) is 0 Å². The Hall–Kier alpha value is -0.600. The number of hydrogen-bond donors (Lipinski definition) is 0. The van der Waals surface area contributed by atoms with E-state index in [0.29, 0.717) is 5.25 Å². The Balaban J connectivity index is 0.000000487. The maximum atomic E-state index is 4.54. The first kappa shape index (κ1) is 15.4. The summed E-state index contributed by atoms with van der Waals surface area (Å²) in [5.41, 5.74) is 1.37. The zero-order valence-corrected chi connectivity index (χ0v) is 12.1. The monoisotopic (exact) mass is 252 g/mol. The Labute approximate surface area is 109 Å². The van der Waals surface area contributed by atoms with Crippen molar-refractivity contribution in [3.8, 4) is 0 Å². The fraction of sp³-hybridized carbons (Fsp3) is 0.357. The average Bonchev–Trinajstić information content (AvgIpc) is 2.17. The van der Waals surface area contributed by atoms with Crippen LogP contribution in [-0.2, 0) is 0 Å². The highest BCUT2D eigenvalue weighted by Gasteiger charge is 2.03. The van der Waals surface area contributed by atoms with E-state index < -0.39 is 0 Å². The predicted octanol–water partition coefficient (Wildman–Crippen LogP) is 5.41. The zero-order chi connectivity index (χ0) is 12.6. The maximum Gasteiger partial charge on any atom is 0.0312 e. The first-order valence-electron chi connectivity index (χ1n) is 5.27. The summed E-state index contributed by atoms with van der Waals surface area (Å²) in [4.78, 5) is 2.17. The molecule has 0 fully saturated rings. The van der Waals surface area contributed by atoms with Crippen LogP contribution in [0.4, 0.5) is 0 Å². The van der Waals surface area contributed by atoms with E-state index in [1.807, 2.05) is 38.6 Å². The molecule has 1 rings (SSSR count). The van der Waals surface area contributed by atoms with Crippen molar-refractivity contribution in [3.63, 3.8) is 0 Å². The molecule has 0 heterocycles. The van der Waals surface area contributed by atoms with Crippen molar-refractivity contribution < 1.29 is 0 Å². The number of hydrogen-bond acceptors (Lipinski definition) is 2. The highest BCUT2D eigenvalue weighted by molar-refractivity contribution is 8.03. The van der Waals surface area contributed by atoms with Gasteiger partial charge in [0.15, 0.2) is 0 Å². The van der Waals surface area contributed by atoms with E-state index in [0.717, 1.165) is 4.86 Å². The normalized spacial score (nSPS) is 11.0. The van der Waals surface area contributed by atoms with Crippen LogP contribution >= 0.6 is 24.0 Å². The molecule has 0 spiro atoms. The SMILES string of the molecule is C=C(C)SC(C)c1ccccc1.CC(C)=S. The Bertz CT molecular complexity index is 324. The van der Waals surface area contributed by atoms with Crippen LogP contribution in [0.25, 0.3) is 0 Å². The third kappa shape index (κ3) is 8.69. The van der Waals surface area contributed by atoms with E-state index >= 15 is 0 Å². The van der Waals surface area contributed by atoms with Gasteiger partial charge in [-0.1, -0.05) is 49.1 Å². The number of allylic oxidation sites excluding steroid dienone is 1. The first-order valence-corrected chi connectivity index (χ1v) is 6.56. The van der Waals surface area contributed by atoms with Gasteiger partial charge in [-0.2, -0.15) is 0 Å². The molecule has 0 bridgehead atoms. The smallest absolute Gasteiger partial charge is 0.0312 e. The van der Waals surface area contributed by atoms with Gasteiger partial charge in [-0.3, -0.25) is 0 Å². The summed E-state index contributed by atoms with van der Waals surface area (Å²) in [5, 5.41) is 0.517. The van der Waals surface area contributed by atoms with E-state index in [-0.39, 0.29) is 0 Å². The Kier molecular flexibility index (Phi) is 8.22. The number of benzene rings is 1. The van der Waals surface area contributed by atoms with Gasteiger partial charge in [0, 0.05) is 5.25 Å². The molecule has 0 aromatic heterocycles. The number of thiocarbonyl (C=S) groups is 1. The molecule has 0 amide bonds. The lowest BCUT2D eigenvalue weighted by Crippen LogP contribution is -1.86.